The third-order valence-electron chi connectivity index (χ3n) is 6.35. The van der Waals surface area contributed by atoms with Gasteiger partial charge in [0.25, 0.3) is 0 Å². The first-order valence-electron chi connectivity index (χ1n) is 11.7. The van der Waals surface area contributed by atoms with E-state index < -0.39 is 5.92 Å². The molecule has 2 aliphatic heterocycles. The maximum absolute atomic E-state index is 13.6. The number of nitrogens with zero attached hydrogens (tertiary/aromatic N) is 3. The average molecular weight is 465 g/mol. The minimum Gasteiger partial charge on any atom is -0.457 e. The number of aromatic nitrogens is 2. The number of rotatable bonds is 4. The van der Waals surface area contributed by atoms with Crippen LogP contribution in [0.1, 0.15) is 17.0 Å². The maximum Gasteiger partial charge on any atom is 0.236 e. The molecule has 35 heavy (non-hydrogen) atoms. The van der Waals surface area contributed by atoms with Crippen LogP contribution in [0.2, 0.25) is 0 Å². The van der Waals surface area contributed by atoms with Gasteiger partial charge in [-0.25, -0.2) is 0 Å². The van der Waals surface area contributed by atoms with Crippen LogP contribution in [-0.4, -0.2) is 42.4 Å². The Morgan fingerprint density at radius 2 is 1.54 bits per heavy atom. The third-order valence-corrected chi connectivity index (χ3v) is 6.35. The van der Waals surface area contributed by atoms with Gasteiger partial charge in [0, 0.05) is 35.5 Å². The molecule has 7 nitrogen and oxygen atoms in total. The average Bonchev–Trinajstić information content (AvgIpc) is 2.92. The number of amides is 1. The van der Waals surface area contributed by atoms with Crippen molar-refractivity contribution >= 4 is 17.4 Å². The van der Waals surface area contributed by atoms with E-state index in [4.69, 9.17) is 9.47 Å². The number of carbonyl (C=O) groups is 1. The van der Waals surface area contributed by atoms with Crippen LogP contribution in [0.3, 0.4) is 0 Å². The normalized spacial score (nSPS) is 15.0. The molecule has 0 spiro atoms. The molecule has 0 saturated carbocycles. The van der Waals surface area contributed by atoms with Crippen LogP contribution in [0.4, 0.5) is 11.5 Å². The first-order valence-corrected chi connectivity index (χ1v) is 11.7. The summed E-state index contributed by atoms with van der Waals surface area (Å²) in [6, 6.07) is 27.0. The number of fused-ring (bicyclic) bond motifs is 2. The molecule has 4 aromatic rings. The molecule has 2 aliphatic rings. The van der Waals surface area contributed by atoms with Crippen molar-refractivity contribution in [2.24, 2.45) is 0 Å². The second-order valence-corrected chi connectivity index (χ2v) is 8.56. The van der Waals surface area contributed by atoms with Gasteiger partial charge < -0.3 is 19.7 Å². The van der Waals surface area contributed by atoms with Crippen molar-refractivity contribution in [3.63, 3.8) is 0 Å². The molecule has 0 unspecified atom stereocenters. The molecule has 6 rings (SSSR count). The van der Waals surface area contributed by atoms with E-state index in [9.17, 15) is 4.79 Å². The zero-order valence-corrected chi connectivity index (χ0v) is 19.1. The first-order chi connectivity index (χ1) is 17.3. The molecule has 3 heterocycles. The van der Waals surface area contributed by atoms with Crippen LogP contribution in [0.25, 0.3) is 11.3 Å². The molecule has 1 aromatic heterocycles. The van der Waals surface area contributed by atoms with Crippen molar-refractivity contribution in [3.05, 3.63) is 96.1 Å². The predicted octanol–water partition coefficient (Wildman–Crippen LogP) is 4.86. The lowest BCUT2D eigenvalue weighted by Crippen LogP contribution is -2.36. The van der Waals surface area contributed by atoms with E-state index >= 15 is 0 Å². The summed E-state index contributed by atoms with van der Waals surface area (Å²) < 4.78 is 11.4. The van der Waals surface area contributed by atoms with Crippen LogP contribution < -0.4 is 15.0 Å². The van der Waals surface area contributed by atoms with Crippen molar-refractivity contribution in [1.82, 2.24) is 10.2 Å². The van der Waals surface area contributed by atoms with Gasteiger partial charge in [-0.05, 0) is 36.4 Å². The van der Waals surface area contributed by atoms with Gasteiger partial charge in [0.1, 0.15) is 11.5 Å². The molecule has 3 aromatic carbocycles. The Morgan fingerprint density at radius 3 is 2.23 bits per heavy atom. The molecule has 7 heteroatoms. The monoisotopic (exact) mass is 464 g/mol. The van der Waals surface area contributed by atoms with Gasteiger partial charge in [0.2, 0.25) is 5.91 Å². The highest BCUT2D eigenvalue weighted by atomic mass is 16.5. The lowest BCUT2D eigenvalue weighted by Gasteiger charge is -2.27. The summed E-state index contributed by atoms with van der Waals surface area (Å²) in [6.45, 7) is 3.03. The number of para-hydroxylation sites is 2. The fourth-order valence-corrected chi connectivity index (χ4v) is 4.60. The Bertz CT molecular complexity index is 1320. The zero-order valence-electron chi connectivity index (χ0n) is 19.1. The standard InChI is InChI=1S/C28H24N4O3/c33-28(27-21-8-1-3-10-24(21)35-25-11-4-2-9-22(25)27)29-20-7-5-6-19(18-20)23-12-13-26(31-30-23)32-14-16-34-17-15-32/h1-13,18,27H,14-17H2,(H,29,33). The largest absolute Gasteiger partial charge is 0.457 e. The first kappa shape index (κ1) is 21.3. The second-order valence-electron chi connectivity index (χ2n) is 8.56. The van der Waals surface area contributed by atoms with E-state index in [0.29, 0.717) is 30.4 Å². The summed E-state index contributed by atoms with van der Waals surface area (Å²) >= 11 is 0. The van der Waals surface area contributed by atoms with Gasteiger partial charge in [0.05, 0.1) is 24.8 Å². The topological polar surface area (TPSA) is 76.6 Å². The number of ether oxygens (including phenoxy) is 2. The van der Waals surface area contributed by atoms with Crippen molar-refractivity contribution in [3.8, 4) is 22.8 Å². The fourth-order valence-electron chi connectivity index (χ4n) is 4.60. The number of hydrogen-bond acceptors (Lipinski definition) is 6. The lowest BCUT2D eigenvalue weighted by molar-refractivity contribution is -0.116. The molecular weight excluding hydrogens is 440 g/mol. The van der Waals surface area contributed by atoms with Crippen molar-refractivity contribution < 1.29 is 14.3 Å². The van der Waals surface area contributed by atoms with E-state index in [-0.39, 0.29) is 5.91 Å². The molecule has 0 atom stereocenters. The second kappa shape index (κ2) is 9.19. The Labute approximate surface area is 203 Å². The molecule has 0 aliphatic carbocycles. The van der Waals surface area contributed by atoms with E-state index in [1.807, 2.05) is 84.9 Å². The summed E-state index contributed by atoms with van der Waals surface area (Å²) in [5.74, 6) is 1.68. The number of nitrogens with one attached hydrogen (secondary N) is 1. The number of morpholine rings is 1. The van der Waals surface area contributed by atoms with Crippen LogP contribution >= 0.6 is 0 Å². The number of anilines is 2. The Balaban J connectivity index is 1.25. The third kappa shape index (κ3) is 4.22. The predicted molar refractivity (Wildman–Crippen MR) is 134 cm³/mol. The van der Waals surface area contributed by atoms with Gasteiger partial charge in [-0.2, -0.15) is 0 Å². The smallest absolute Gasteiger partial charge is 0.236 e. The molecule has 1 amide bonds. The number of hydrogen-bond donors (Lipinski definition) is 1. The lowest BCUT2D eigenvalue weighted by atomic mass is 9.87. The highest BCUT2D eigenvalue weighted by molar-refractivity contribution is 6.00. The van der Waals surface area contributed by atoms with Gasteiger partial charge in [0.15, 0.2) is 5.82 Å². The Kier molecular flexibility index (Phi) is 5.60. The summed E-state index contributed by atoms with van der Waals surface area (Å²) in [5.41, 5.74) is 4.04. The van der Waals surface area contributed by atoms with Gasteiger partial charge in [-0.15, -0.1) is 10.2 Å². The van der Waals surface area contributed by atoms with E-state index in [0.717, 1.165) is 41.3 Å². The molecule has 0 bridgehead atoms. The zero-order chi connectivity index (χ0) is 23.6. The van der Waals surface area contributed by atoms with Gasteiger partial charge in [-0.1, -0.05) is 48.5 Å². The highest BCUT2D eigenvalue weighted by Crippen LogP contribution is 2.44. The van der Waals surface area contributed by atoms with Crippen molar-refractivity contribution in [1.29, 1.82) is 0 Å². The summed E-state index contributed by atoms with van der Waals surface area (Å²) in [4.78, 5) is 15.7. The SMILES string of the molecule is O=C(Nc1cccc(-c2ccc(N3CCOCC3)nn2)c1)C1c2ccccc2Oc2ccccc21. The quantitative estimate of drug-likeness (QED) is 0.465. The van der Waals surface area contributed by atoms with Crippen LogP contribution in [-0.2, 0) is 9.53 Å². The molecule has 174 valence electrons. The van der Waals surface area contributed by atoms with Gasteiger partial charge >= 0.3 is 0 Å². The summed E-state index contributed by atoms with van der Waals surface area (Å²) in [5, 5.41) is 11.9. The summed E-state index contributed by atoms with van der Waals surface area (Å²) in [6.07, 6.45) is 0. The van der Waals surface area contributed by atoms with Gasteiger partial charge in [-0.3, -0.25) is 4.79 Å². The Morgan fingerprint density at radius 1 is 0.829 bits per heavy atom. The van der Waals surface area contributed by atoms with Crippen LogP contribution in [0.5, 0.6) is 11.5 Å². The van der Waals surface area contributed by atoms with E-state index in [1.54, 1.807) is 0 Å². The van der Waals surface area contributed by atoms with Crippen LogP contribution in [0, 0.1) is 0 Å². The molecule has 1 N–H and O–H groups in total. The van der Waals surface area contributed by atoms with E-state index in [2.05, 4.69) is 20.4 Å². The van der Waals surface area contributed by atoms with Crippen molar-refractivity contribution in [2.45, 2.75) is 5.92 Å². The molecule has 0 radical (unpaired) electrons. The van der Waals surface area contributed by atoms with E-state index in [1.165, 1.54) is 0 Å². The molecule has 1 saturated heterocycles. The minimum absolute atomic E-state index is 0.112. The maximum atomic E-state index is 13.6. The minimum atomic E-state index is -0.465. The molecular formula is C28H24N4O3. The Hall–Kier alpha value is -4.23. The summed E-state index contributed by atoms with van der Waals surface area (Å²) in [7, 11) is 0. The number of benzene rings is 3. The molecule has 1 fully saturated rings. The number of carbonyl (C=O) groups excluding carboxylic acids is 1. The van der Waals surface area contributed by atoms with Crippen molar-refractivity contribution in [2.75, 3.05) is 36.5 Å². The fraction of sp³-hybridized carbons (Fsp3) is 0.179. The highest BCUT2D eigenvalue weighted by Gasteiger charge is 2.32. The van der Waals surface area contributed by atoms with Crippen LogP contribution in [0.15, 0.2) is 84.9 Å².